The minimum atomic E-state index is 0.119. The van der Waals surface area contributed by atoms with Crippen molar-refractivity contribution in [3.8, 4) is 5.95 Å². The molecule has 1 N–H and O–H groups in total. The lowest BCUT2D eigenvalue weighted by atomic mass is 9.97. The molecule has 9 nitrogen and oxygen atoms in total. The van der Waals surface area contributed by atoms with Gasteiger partial charge in [-0.2, -0.15) is 4.98 Å². The molecule has 2 saturated heterocycles. The molecule has 1 atom stereocenters. The highest BCUT2D eigenvalue weighted by atomic mass is 16.5. The number of aromatic nitrogens is 4. The SMILES string of the molecule is CCc1c(C)nc(-n2ccnc2)nc1N1CCCCC1CC(=O)NCCN1CCOCC1. The summed E-state index contributed by atoms with van der Waals surface area (Å²) in [6.07, 6.45) is 9.93. The van der Waals surface area contributed by atoms with Crippen molar-refractivity contribution in [2.24, 2.45) is 0 Å². The fourth-order valence-electron chi connectivity index (χ4n) is 4.67. The van der Waals surface area contributed by atoms with Crippen molar-refractivity contribution in [1.82, 2.24) is 29.7 Å². The molecule has 4 heterocycles. The van der Waals surface area contributed by atoms with Gasteiger partial charge in [0.15, 0.2) is 0 Å². The van der Waals surface area contributed by atoms with Crippen molar-refractivity contribution in [2.75, 3.05) is 50.8 Å². The van der Waals surface area contributed by atoms with E-state index in [0.29, 0.717) is 18.9 Å². The van der Waals surface area contributed by atoms with Crippen LogP contribution in [0.4, 0.5) is 5.82 Å². The molecule has 0 bridgehead atoms. The normalized spacial score (nSPS) is 19.8. The van der Waals surface area contributed by atoms with E-state index in [1.54, 1.807) is 12.5 Å². The lowest BCUT2D eigenvalue weighted by Gasteiger charge is -2.38. The van der Waals surface area contributed by atoms with E-state index in [-0.39, 0.29) is 11.9 Å². The smallest absolute Gasteiger partial charge is 0.237 e. The summed E-state index contributed by atoms with van der Waals surface area (Å²) in [5.41, 5.74) is 2.15. The topological polar surface area (TPSA) is 88.4 Å². The molecule has 174 valence electrons. The molecule has 4 rings (SSSR count). The highest BCUT2D eigenvalue weighted by molar-refractivity contribution is 5.77. The largest absolute Gasteiger partial charge is 0.379 e. The van der Waals surface area contributed by atoms with Crippen LogP contribution in [0, 0.1) is 6.92 Å². The van der Waals surface area contributed by atoms with Crippen LogP contribution in [0.25, 0.3) is 5.95 Å². The summed E-state index contributed by atoms with van der Waals surface area (Å²) in [6.45, 7) is 10.1. The van der Waals surface area contributed by atoms with E-state index in [4.69, 9.17) is 14.7 Å². The second-order valence-electron chi connectivity index (χ2n) is 8.59. The lowest BCUT2D eigenvalue weighted by Crippen LogP contribution is -2.45. The molecule has 0 aromatic carbocycles. The van der Waals surface area contributed by atoms with Gasteiger partial charge < -0.3 is 15.0 Å². The fraction of sp³-hybridized carbons (Fsp3) is 0.652. The molecule has 9 heteroatoms. The van der Waals surface area contributed by atoms with Gasteiger partial charge in [0.1, 0.15) is 12.1 Å². The maximum Gasteiger partial charge on any atom is 0.237 e. The lowest BCUT2D eigenvalue weighted by molar-refractivity contribution is -0.121. The average molecular weight is 442 g/mol. The molecule has 0 saturated carbocycles. The number of hydrogen-bond donors (Lipinski definition) is 1. The Hall–Kier alpha value is -2.52. The maximum absolute atomic E-state index is 12.8. The minimum Gasteiger partial charge on any atom is -0.379 e. The van der Waals surface area contributed by atoms with Crippen molar-refractivity contribution in [3.63, 3.8) is 0 Å². The number of nitrogens with one attached hydrogen (secondary N) is 1. The van der Waals surface area contributed by atoms with E-state index in [1.165, 1.54) is 0 Å². The van der Waals surface area contributed by atoms with Crippen molar-refractivity contribution in [1.29, 1.82) is 0 Å². The van der Waals surface area contributed by atoms with Crippen LogP contribution >= 0.6 is 0 Å². The molecule has 0 spiro atoms. The third kappa shape index (κ3) is 5.45. The summed E-state index contributed by atoms with van der Waals surface area (Å²) in [7, 11) is 0. The zero-order chi connectivity index (χ0) is 22.3. The van der Waals surface area contributed by atoms with Crippen LogP contribution in [0.15, 0.2) is 18.7 Å². The standard InChI is InChI=1S/C23H35N7O2/c1-3-20-18(2)26-23(29-11-7-24-17-29)27-22(20)30-9-5-4-6-19(30)16-21(31)25-8-10-28-12-14-32-15-13-28/h7,11,17,19H,3-6,8-10,12-16H2,1-2H3,(H,25,31). The Kier molecular flexibility index (Phi) is 7.70. The first kappa shape index (κ1) is 22.7. The van der Waals surface area contributed by atoms with Crippen molar-refractivity contribution < 1.29 is 9.53 Å². The molecule has 1 amide bonds. The number of imidazole rings is 1. The first-order valence-electron chi connectivity index (χ1n) is 11.8. The van der Waals surface area contributed by atoms with Gasteiger partial charge in [-0.1, -0.05) is 6.92 Å². The molecule has 32 heavy (non-hydrogen) atoms. The molecule has 0 aliphatic carbocycles. The zero-order valence-corrected chi connectivity index (χ0v) is 19.3. The van der Waals surface area contributed by atoms with Crippen molar-refractivity contribution >= 4 is 11.7 Å². The van der Waals surface area contributed by atoms with E-state index in [9.17, 15) is 4.79 Å². The van der Waals surface area contributed by atoms with E-state index < -0.39 is 0 Å². The number of aryl methyl sites for hydroxylation is 1. The second-order valence-corrected chi connectivity index (χ2v) is 8.59. The molecular formula is C23H35N7O2. The van der Waals surface area contributed by atoms with Gasteiger partial charge in [0, 0.05) is 68.8 Å². The van der Waals surface area contributed by atoms with Gasteiger partial charge in [-0.15, -0.1) is 0 Å². The fourth-order valence-corrected chi connectivity index (χ4v) is 4.67. The second kappa shape index (κ2) is 10.9. The average Bonchev–Trinajstić information content (AvgIpc) is 3.35. The Labute approximate surface area is 190 Å². The summed E-state index contributed by atoms with van der Waals surface area (Å²) in [4.78, 5) is 31.2. The zero-order valence-electron chi connectivity index (χ0n) is 19.3. The van der Waals surface area contributed by atoms with E-state index >= 15 is 0 Å². The molecule has 0 radical (unpaired) electrons. The summed E-state index contributed by atoms with van der Waals surface area (Å²) in [6, 6.07) is 0.155. The Morgan fingerprint density at radius 3 is 2.81 bits per heavy atom. The third-order valence-corrected chi connectivity index (χ3v) is 6.44. The van der Waals surface area contributed by atoms with Crippen LogP contribution in [0.1, 0.15) is 43.9 Å². The number of morpholine rings is 1. The van der Waals surface area contributed by atoms with Gasteiger partial charge in [-0.3, -0.25) is 14.3 Å². The van der Waals surface area contributed by atoms with Crippen LogP contribution in [-0.4, -0.2) is 82.3 Å². The van der Waals surface area contributed by atoms with Gasteiger partial charge in [0.2, 0.25) is 11.9 Å². The van der Waals surface area contributed by atoms with Crippen molar-refractivity contribution in [3.05, 3.63) is 30.0 Å². The van der Waals surface area contributed by atoms with Gasteiger partial charge >= 0.3 is 0 Å². The minimum absolute atomic E-state index is 0.119. The summed E-state index contributed by atoms with van der Waals surface area (Å²) < 4.78 is 7.23. The molecule has 2 aliphatic rings. The number of piperidine rings is 1. The van der Waals surface area contributed by atoms with Gasteiger partial charge in [0.25, 0.3) is 0 Å². The number of nitrogens with zero attached hydrogens (tertiary/aromatic N) is 6. The molecule has 2 aliphatic heterocycles. The first-order chi connectivity index (χ1) is 15.7. The number of ether oxygens (including phenoxy) is 1. The van der Waals surface area contributed by atoms with Crippen LogP contribution in [0.5, 0.6) is 0 Å². The van der Waals surface area contributed by atoms with E-state index in [0.717, 1.165) is 82.2 Å². The number of amides is 1. The number of hydrogen-bond acceptors (Lipinski definition) is 7. The van der Waals surface area contributed by atoms with Gasteiger partial charge in [-0.25, -0.2) is 9.97 Å². The molecule has 2 aromatic rings. The number of rotatable bonds is 8. The molecule has 1 unspecified atom stereocenters. The van der Waals surface area contributed by atoms with Crippen LogP contribution in [0.2, 0.25) is 0 Å². The number of anilines is 1. The van der Waals surface area contributed by atoms with Crippen LogP contribution < -0.4 is 10.2 Å². The van der Waals surface area contributed by atoms with E-state index in [2.05, 4.69) is 27.0 Å². The molecule has 2 fully saturated rings. The molecule has 2 aromatic heterocycles. The predicted octanol–water partition coefficient (Wildman–Crippen LogP) is 1.73. The van der Waals surface area contributed by atoms with Crippen LogP contribution in [-0.2, 0) is 16.0 Å². The summed E-state index contributed by atoms with van der Waals surface area (Å²) >= 11 is 0. The monoisotopic (exact) mass is 441 g/mol. The summed E-state index contributed by atoms with van der Waals surface area (Å²) in [5.74, 6) is 1.72. The molecular weight excluding hydrogens is 406 g/mol. The Balaban J connectivity index is 1.45. The van der Waals surface area contributed by atoms with E-state index in [1.807, 2.05) is 17.7 Å². The Bertz CT molecular complexity index is 881. The van der Waals surface area contributed by atoms with Crippen molar-refractivity contribution in [2.45, 2.75) is 52.0 Å². The maximum atomic E-state index is 12.8. The quantitative estimate of drug-likeness (QED) is 0.667. The third-order valence-electron chi connectivity index (χ3n) is 6.44. The number of carbonyl (C=O) groups is 1. The Morgan fingerprint density at radius 1 is 1.22 bits per heavy atom. The first-order valence-corrected chi connectivity index (χ1v) is 11.8. The van der Waals surface area contributed by atoms with Gasteiger partial charge in [-0.05, 0) is 32.6 Å². The van der Waals surface area contributed by atoms with Crippen LogP contribution in [0.3, 0.4) is 0 Å². The highest BCUT2D eigenvalue weighted by Crippen LogP contribution is 2.30. The Morgan fingerprint density at radius 2 is 2.06 bits per heavy atom. The summed E-state index contributed by atoms with van der Waals surface area (Å²) in [5, 5.41) is 3.13. The number of carbonyl (C=O) groups excluding carboxylic acids is 1. The highest BCUT2D eigenvalue weighted by Gasteiger charge is 2.28. The van der Waals surface area contributed by atoms with Gasteiger partial charge in [0.05, 0.1) is 13.2 Å². The predicted molar refractivity (Wildman–Crippen MR) is 123 cm³/mol.